The first-order chi connectivity index (χ1) is 9.15. The molecule has 0 radical (unpaired) electrons. The molecule has 2 N–H and O–H groups in total. The van der Waals surface area contributed by atoms with Crippen LogP contribution >= 0.6 is 11.6 Å². The third kappa shape index (κ3) is 3.32. The molecular weight excluding hydrogens is 266 g/mol. The normalized spacial score (nSPS) is 21.9. The monoisotopic (exact) mass is 285 g/mol. The lowest BCUT2D eigenvalue weighted by atomic mass is 9.82. The molecule has 1 aromatic rings. The molecule has 106 valence electrons. The zero-order valence-corrected chi connectivity index (χ0v) is 12.0. The van der Waals surface area contributed by atoms with Gasteiger partial charge >= 0.3 is 0 Å². The summed E-state index contributed by atoms with van der Waals surface area (Å²) in [5, 5.41) is 13.2. The van der Waals surface area contributed by atoms with Gasteiger partial charge in [-0.15, -0.1) is 0 Å². The number of ether oxygens (including phenoxy) is 2. The van der Waals surface area contributed by atoms with E-state index in [0.29, 0.717) is 29.0 Å². The van der Waals surface area contributed by atoms with Crippen LogP contribution in [0.3, 0.4) is 0 Å². The van der Waals surface area contributed by atoms with Gasteiger partial charge in [0.15, 0.2) is 11.5 Å². The molecule has 0 spiro atoms. The Kier molecular flexibility index (Phi) is 4.91. The van der Waals surface area contributed by atoms with Crippen LogP contribution in [0.1, 0.15) is 18.4 Å². The first-order valence-electron chi connectivity index (χ1n) is 6.43. The molecular formula is C14H20ClNO3. The van der Waals surface area contributed by atoms with Crippen LogP contribution in [-0.4, -0.2) is 32.0 Å². The lowest BCUT2D eigenvalue weighted by Crippen LogP contribution is -2.35. The largest absolute Gasteiger partial charge is 0.493 e. The fourth-order valence-corrected chi connectivity index (χ4v) is 2.64. The summed E-state index contributed by atoms with van der Waals surface area (Å²) in [6.07, 6.45) is 1.69. The number of benzene rings is 1. The predicted molar refractivity (Wildman–Crippen MR) is 75.0 cm³/mol. The second-order valence-electron chi connectivity index (χ2n) is 4.90. The summed E-state index contributed by atoms with van der Waals surface area (Å²) < 4.78 is 10.5. The Bertz CT molecular complexity index is 433. The van der Waals surface area contributed by atoms with Gasteiger partial charge in [0.05, 0.1) is 25.3 Å². The molecule has 0 heterocycles. The van der Waals surface area contributed by atoms with Gasteiger partial charge in [-0.25, -0.2) is 0 Å². The number of hydrogen-bond acceptors (Lipinski definition) is 4. The maximum atomic E-state index is 9.23. The van der Waals surface area contributed by atoms with Crippen LogP contribution in [0.15, 0.2) is 12.1 Å². The minimum Gasteiger partial charge on any atom is -0.493 e. The maximum absolute atomic E-state index is 9.23. The standard InChI is InChI=1S/C14H20ClNO3/c1-18-12-4-3-10(13(15)14(12)19-2)8-16-7-9-5-11(17)6-9/h3-4,9,11,16-17H,5-8H2,1-2H3. The van der Waals surface area contributed by atoms with E-state index in [0.717, 1.165) is 24.9 Å². The Morgan fingerprint density at radius 3 is 2.63 bits per heavy atom. The van der Waals surface area contributed by atoms with E-state index >= 15 is 0 Å². The van der Waals surface area contributed by atoms with E-state index < -0.39 is 0 Å². The maximum Gasteiger partial charge on any atom is 0.179 e. The van der Waals surface area contributed by atoms with Crippen LogP contribution in [0.25, 0.3) is 0 Å². The molecule has 1 aromatic carbocycles. The highest BCUT2D eigenvalue weighted by molar-refractivity contribution is 6.33. The molecule has 4 nitrogen and oxygen atoms in total. The van der Waals surface area contributed by atoms with Crippen LogP contribution in [0.2, 0.25) is 5.02 Å². The van der Waals surface area contributed by atoms with Gasteiger partial charge in [-0.3, -0.25) is 0 Å². The number of aliphatic hydroxyl groups excluding tert-OH is 1. The SMILES string of the molecule is COc1ccc(CNCC2CC(O)C2)c(Cl)c1OC. The Morgan fingerprint density at radius 2 is 2.05 bits per heavy atom. The number of halogens is 1. The average Bonchev–Trinajstić information content (AvgIpc) is 2.38. The van der Waals surface area contributed by atoms with Gasteiger partial charge in [0.1, 0.15) is 0 Å². The third-order valence-corrected chi connectivity index (χ3v) is 3.94. The van der Waals surface area contributed by atoms with Crippen molar-refractivity contribution < 1.29 is 14.6 Å². The summed E-state index contributed by atoms with van der Waals surface area (Å²) in [6, 6.07) is 3.79. The molecule has 0 atom stereocenters. The molecule has 0 bridgehead atoms. The molecule has 0 saturated heterocycles. The molecule has 0 amide bonds. The summed E-state index contributed by atoms with van der Waals surface area (Å²) in [4.78, 5) is 0. The quantitative estimate of drug-likeness (QED) is 0.841. The Hall–Kier alpha value is -0.970. The van der Waals surface area contributed by atoms with Crippen LogP contribution < -0.4 is 14.8 Å². The fraction of sp³-hybridized carbons (Fsp3) is 0.571. The highest BCUT2D eigenvalue weighted by atomic mass is 35.5. The van der Waals surface area contributed by atoms with E-state index in [1.54, 1.807) is 14.2 Å². The number of rotatable bonds is 6. The Morgan fingerprint density at radius 1 is 1.32 bits per heavy atom. The number of nitrogens with one attached hydrogen (secondary N) is 1. The first kappa shape index (κ1) is 14.4. The lowest BCUT2D eigenvalue weighted by molar-refractivity contribution is 0.0430. The van der Waals surface area contributed by atoms with Gasteiger partial charge in [-0.1, -0.05) is 17.7 Å². The minimum atomic E-state index is -0.100. The van der Waals surface area contributed by atoms with Gasteiger partial charge < -0.3 is 19.9 Å². The van der Waals surface area contributed by atoms with Crippen molar-refractivity contribution in [1.82, 2.24) is 5.32 Å². The predicted octanol–water partition coefficient (Wildman–Crippen LogP) is 2.22. The van der Waals surface area contributed by atoms with E-state index in [2.05, 4.69) is 5.32 Å². The van der Waals surface area contributed by atoms with E-state index in [-0.39, 0.29) is 6.10 Å². The van der Waals surface area contributed by atoms with Crippen molar-refractivity contribution in [3.05, 3.63) is 22.7 Å². The van der Waals surface area contributed by atoms with Gasteiger partial charge in [0.25, 0.3) is 0 Å². The number of hydrogen-bond donors (Lipinski definition) is 2. The summed E-state index contributed by atoms with van der Waals surface area (Å²) in [6.45, 7) is 1.59. The molecule has 19 heavy (non-hydrogen) atoms. The smallest absolute Gasteiger partial charge is 0.179 e. The van der Waals surface area contributed by atoms with E-state index in [1.165, 1.54) is 0 Å². The zero-order chi connectivity index (χ0) is 13.8. The van der Waals surface area contributed by atoms with Gasteiger partial charge in [0, 0.05) is 6.54 Å². The van der Waals surface area contributed by atoms with Crippen LogP contribution in [0, 0.1) is 5.92 Å². The molecule has 0 aliphatic heterocycles. The fourth-order valence-electron chi connectivity index (χ4n) is 2.34. The van der Waals surface area contributed by atoms with Crippen LogP contribution in [0.4, 0.5) is 0 Å². The molecule has 5 heteroatoms. The minimum absolute atomic E-state index is 0.100. The van der Waals surface area contributed by atoms with Crippen molar-refractivity contribution in [3.8, 4) is 11.5 Å². The molecule has 0 aromatic heterocycles. The zero-order valence-electron chi connectivity index (χ0n) is 11.3. The second-order valence-corrected chi connectivity index (χ2v) is 5.27. The number of methoxy groups -OCH3 is 2. The molecule has 1 fully saturated rings. The van der Waals surface area contributed by atoms with Crippen molar-refractivity contribution in [2.75, 3.05) is 20.8 Å². The van der Waals surface area contributed by atoms with E-state index in [4.69, 9.17) is 21.1 Å². The van der Waals surface area contributed by atoms with Crippen molar-refractivity contribution in [1.29, 1.82) is 0 Å². The molecule has 1 aliphatic rings. The summed E-state index contributed by atoms with van der Waals surface area (Å²) in [5.41, 5.74) is 0.985. The summed E-state index contributed by atoms with van der Waals surface area (Å²) >= 11 is 6.29. The third-order valence-electron chi connectivity index (χ3n) is 3.52. The summed E-state index contributed by atoms with van der Waals surface area (Å²) in [7, 11) is 3.17. The summed E-state index contributed by atoms with van der Waals surface area (Å²) in [5.74, 6) is 1.79. The molecule has 0 unspecified atom stereocenters. The Balaban J connectivity index is 1.92. The lowest BCUT2D eigenvalue weighted by Gasteiger charge is -2.31. The van der Waals surface area contributed by atoms with Crippen molar-refractivity contribution in [2.24, 2.45) is 5.92 Å². The highest BCUT2D eigenvalue weighted by Gasteiger charge is 2.26. The van der Waals surface area contributed by atoms with Crippen molar-refractivity contribution >= 4 is 11.6 Å². The van der Waals surface area contributed by atoms with Gasteiger partial charge in [-0.2, -0.15) is 0 Å². The topological polar surface area (TPSA) is 50.7 Å². The Labute approximate surface area is 118 Å². The van der Waals surface area contributed by atoms with Crippen molar-refractivity contribution in [2.45, 2.75) is 25.5 Å². The first-order valence-corrected chi connectivity index (χ1v) is 6.81. The van der Waals surface area contributed by atoms with E-state index in [9.17, 15) is 5.11 Å². The average molecular weight is 286 g/mol. The molecule has 1 saturated carbocycles. The highest BCUT2D eigenvalue weighted by Crippen LogP contribution is 2.37. The second kappa shape index (κ2) is 6.46. The molecule has 2 rings (SSSR count). The van der Waals surface area contributed by atoms with Crippen LogP contribution in [0.5, 0.6) is 11.5 Å². The number of aliphatic hydroxyl groups is 1. The van der Waals surface area contributed by atoms with Crippen LogP contribution in [-0.2, 0) is 6.54 Å². The molecule has 1 aliphatic carbocycles. The van der Waals surface area contributed by atoms with Gasteiger partial charge in [-0.05, 0) is 36.9 Å². The van der Waals surface area contributed by atoms with Gasteiger partial charge in [0.2, 0.25) is 0 Å². The van der Waals surface area contributed by atoms with Crippen molar-refractivity contribution in [3.63, 3.8) is 0 Å². The van der Waals surface area contributed by atoms with E-state index in [1.807, 2.05) is 12.1 Å².